The normalized spacial score (nSPS) is 10.7. The first-order chi connectivity index (χ1) is 6.27. The van der Waals surface area contributed by atoms with Crippen molar-refractivity contribution in [3.8, 4) is 0 Å². The molecule has 1 aromatic rings. The van der Waals surface area contributed by atoms with Gasteiger partial charge in [-0.1, -0.05) is 6.92 Å². The zero-order valence-electron chi connectivity index (χ0n) is 8.10. The van der Waals surface area contributed by atoms with Crippen molar-refractivity contribution >= 4 is 6.29 Å². The molecule has 0 aromatic carbocycles. The van der Waals surface area contributed by atoms with Crippen molar-refractivity contribution in [3.63, 3.8) is 0 Å². The second-order valence-electron chi connectivity index (χ2n) is 3.03. The molecule has 4 nitrogen and oxygen atoms in total. The molecule has 13 heavy (non-hydrogen) atoms. The summed E-state index contributed by atoms with van der Waals surface area (Å²) in [5.74, 6) is 0. The molecule has 4 heteroatoms. The molecule has 0 spiro atoms. The lowest BCUT2D eigenvalue weighted by atomic mass is 10.4. The number of hydrogen-bond donors (Lipinski definition) is 0. The molecule has 0 saturated carbocycles. The van der Waals surface area contributed by atoms with E-state index in [2.05, 4.69) is 23.9 Å². The van der Waals surface area contributed by atoms with Crippen LogP contribution in [0.3, 0.4) is 0 Å². The van der Waals surface area contributed by atoms with Crippen molar-refractivity contribution < 1.29 is 4.79 Å². The fourth-order valence-corrected chi connectivity index (χ4v) is 1.05. The van der Waals surface area contributed by atoms with Crippen LogP contribution in [0.5, 0.6) is 0 Å². The maximum absolute atomic E-state index is 10.5. The van der Waals surface area contributed by atoms with E-state index in [0.717, 1.165) is 25.9 Å². The van der Waals surface area contributed by atoms with Gasteiger partial charge in [0.15, 0.2) is 6.29 Å². The topological polar surface area (TPSA) is 38.1 Å². The standard InChI is InChI=1S/C9H15N3O/c1-3-11(2)4-5-12-8-10-6-9(12)7-13/h6-8H,3-5H2,1-2H3. The molecular formula is C9H15N3O. The van der Waals surface area contributed by atoms with Gasteiger partial charge >= 0.3 is 0 Å². The predicted octanol–water partition coefficient (Wildman–Crippen LogP) is 0.647. The average molecular weight is 181 g/mol. The first-order valence-electron chi connectivity index (χ1n) is 4.41. The Morgan fingerprint density at radius 1 is 1.69 bits per heavy atom. The average Bonchev–Trinajstić information content (AvgIpc) is 2.61. The molecule has 0 radical (unpaired) electrons. The Balaban J connectivity index is 2.49. The number of aromatic nitrogens is 2. The third-order valence-electron chi connectivity index (χ3n) is 2.13. The first kappa shape index (κ1) is 9.92. The van der Waals surface area contributed by atoms with Gasteiger partial charge < -0.3 is 9.47 Å². The highest BCUT2D eigenvalue weighted by Gasteiger charge is 2.00. The largest absolute Gasteiger partial charge is 0.327 e. The quantitative estimate of drug-likeness (QED) is 0.626. The molecule has 0 aliphatic rings. The monoisotopic (exact) mass is 181 g/mol. The minimum atomic E-state index is 0.643. The van der Waals surface area contributed by atoms with Gasteiger partial charge in [-0.05, 0) is 13.6 Å². The number of hydrogen-bond acceptors (Lipinski definition) is 3. The van der Waals surface area contributed by atoms with Gasteiger partial charge in [0.25, 0.3) is 0 Å². The molecule has 72 valence electrons. The fraction of sp³-hybridized carbons (Fsp3) is 0.556. The highest BCUT2D eigenvalue weighted by Crippen LogP contribution is 1.95. The summed E-state index contributed by atoms with van der Waals surface area (Å²) >= 11 is 0. The minimum Gasteiger partial charge on any atom is -0.327 e. The van der Waals surface area contributed by atoms with Gasteiger partial charge in [0.2, 0.25) is 0 Å². The smallest absolute Gasteiger partial charge is 0.168 e. The number of likely N-dealkylation sites (N-methyl/N-ethyl adjacent to an activating group) is 1. The van der Waals surface area contributed by atoms with E-state index in [-0.39, 0.29) is 0 Å². The summed E-state index contributed by atoms with van der Waals surface area (Å²) in [7, 11) is 2.05. The Kier molecular flexibility index (Phi) is 3.64. The van der Waals surface area contributed by atoms with Crippen LogP contribution in [0.25, 0.3) is 0 Å². The number of nitrogens with zero attached hydrogens (tertiary/aromatic N) is 3. The van der Waals surface area contributed by atoms with Crippen LogP contribution in [0, 0.1) is 0 Å². The summed E-state index contributed by atoms with van der Waals surface area (Å²) in [6.07, 6.45) is 4.10. The van der Waals surface area contributed by atoms with Gasteiger partial charge in [0.1, 0.15) is 5.69 Å². The van der Waals surface area contributed by atoms with Crippen LogP contribution in [-0.4, -0.2) is 40.9 Å². The summed E-state index contributed by atoms with van der Waals surface area (Å²) in [5.41, 5.74) is 0.643. The van der Waals surface area contributed by atoms with Gasteiger partial charge in [0, 0.05) is 13.1 Å². The van der Waals surface area contributed by atoms with Gasteiger partial charge in [0.05, 0.1) is 12.5 Å². The lowest BCUT2D eigenvalue weighted by Crippen LogP contribution is -2.23. The highest BCUT2D eigenvalue weighted by atomic mass is 16.1. The van der Waals surface area contributed by atoms with Crippen molar-refractivity contribution in [1.29, 1.82) is 0 Å². The van der Waals surface area contributed by atoms with Crippen LogP contribution in [0.4, 0.5) is 0 Å². The Hall–Kier alpha value is -1.16. The summed E-state index contributed by atoms with van der Waals surface area (Å²) in [6.45, 7) is 4.88. The second-order valence-corrected chi connectivity index (χ2v) is 3.03. The van der Waals surface area contributed by atoms with E-state index >= 15 is 0 Å². The zero-order chi connectivity index (χ0) is 9.68. The Bertz CT molecular complexity index is 270. The van der Waals surface area contributed by atoms with E-state index in [9.17, 15) is 4.79 Å². The number of carbonyl (C=O) groups excluding carboxylic acids is 1. The minimum absolute atomic E-state index is 0.643. The third kappa shape index (κ3) is 2.66. The second kappa shape index (κ2) is 4.77. The molecule has 1 heterocycles. The van der Waals surface area contributed by atoms with Crippen LogP contribution in [0.2, 0.25) is 0 Å². The zero-order valence-corrected chi connectivity index (χ0v) is 8.10. The molecule has 0 atom stereocenters. The maximum atomic E-state index is 10.5. The van der Waals surface area contributed by atoms with Crippen LogP contribution in [-0.2, 0) is 6.54 Å². The molecule has 0 N–H and O–H groups in total. The molecule has 1 rings (SSSR count). The first-order valence-corrected chi connectivity index (χ1v) is 4.41. The van der Waals surface area contributed by atoms with E-state index in [0.29, 0.717) is 5.69 Å². The highest BCUT2D eigenvalue weighted by molar-refractivity contribution is 5.71. The molecular weight excluding hydrogens is 166 g/mol. The molecule has 0 bridgehead atoms. The Labute approximate surface area is 78.2 Å². The van der Waals surface area contributed by atoms with E-state index in [4.69, 9.17) is 0 Å². The lowest BCUT2D eigenvalue weighted by molar-refractivity contribution is 0.111. The van der Waals surface area contributed by atoms with Crippen LogP contribution < -0.4 is 0 Å². The summed E-state index contributed by atoms with van der Waals surface area (Å²) in [4.78, 5) is 16.6. The van der Waals surface area contributed by atoms with Crippen molar-refractivity contribution in [2.45, 2.75) is 13.5 Å². The summed E-state index contributed by atoms with van der Waals surface area (Å²) in [6, 6.07) is 0. The molecule has 0 aliphatic carbocycles. The Morgan fingerprint density at radius 3 is 3.08 bits per heavy atom. The summed E-state index contributed by atoms with van der Waals surface area (Å²) < 4.78 is 1.86. The van der Waals surface area contributed by atoms with E-state index in [1.807, 2.05) is 4.57 Å². The number of carbonyl (C=O) groups is 1. The van der Waals surface area contributed by atoms with E-state index < -0.39 is 0 Å². The number of imidazole rings is 1. The summed E-state index contributed by atoms with van der Waals surface area (Å²) in [5, 5.41) is 0. The predicted molar refractivity (Wildman–Crippen MR) is 50.8 cm³/mol. The third-order valence-corrected chi connectivity index (χ3v) is 2.13. The molecule has 0 aliphatic heterocycles. The van der Waals surface area contributed by atoms with Gasteiger partial charge in [-0.3, -0.25) is 4.79 Å². The molecule has 1 aromatic heterocycles. The molecule has 0 unspecified atom stereocenters. The van der Waals surface area contributed by atoms with Crippen LogP contribution in [0.1, 0.15) is 17.4 Å². The Morgan fingerprint density at radius 2 is 2.46 bits per heavy atom. The van der Waals surface area contributed by atoms with Crippen LogP contribution >= 0.6 is 0 Å². The van der Waals surface area contributed by atoms with Gasteiger partial charge in [-0.2, -0.15) is 0 Å². The van der Waals surface area contributed by atoms with Crippen molar-refractivity contribution in [3.05, 3.63) is 18.2 Å². The maximum Gasteiger partial charge on any atom is 0.168 e. The van der Waals surface area contributed by atoms with E-state index in [1.165, 1.54) is 0 Å². The van der Waals surface area contributed by atoms with Crippen molar-refractivity contribution in [2.24, 2.45) is 0 Å². The van der Waals surface area contributed by atoms with Crippen molar-refractivity contribution in [1.82, 2.24) is 14.5 Å². The number of rotatable bonds is 5. The lowest BCUT2D eigenvalue weighted by Gasteiger charge is -2.14. The molecule has 0 fully saturated rings. The van der Waals surface area contributed by atoms with Crippen LogP contribution in [0.15, 0.2) is 12.5 Å². The van der Waals surface area contributed by atoms with Gasteiger partial charge in [-0.25, -0.2) is 4.98 Å². The molecule has 0 amide bonds. The van der Waals surface area contributed by atoms with Crippen molar-refractivity contribution in [2.75, 3.05) is 20.1 Å². The number of aldehydes is 1. The SMILES string of the molecule is CCN(C)CCn1cncc1C=O. The van der Waals surface area contributed by atoms with Gasteiger partial charge in [-0.15, -0.1) is 0 Å². The molecule has 0 saturated heterocycles. The van der Waals surface area contributed by atoms with E-state index in [1.54, 1.807) is 12.5 Å². The fourth-order valence-electron chi connectivity index (χ4n) is 1.05.